The Kier molecular flexibility index (Phi) is 4.89. The predicted octanol–water partition coefficient (Wildman–Crippen LogP) is 5.08. The lowest BCUT2D eigenvalue weighted by atomic mass is 10.2. The van der Waals surface area contributed by atoms with E-state index in [1.54, 1.807) is 23.9 Å². The molecule has 2 heterocycles. The molecule has 2 aromatic heterocycles. The summed E-state index contributed by atoms with van der Waals surface area (Å²) in [6.07, 6.45) is 1.48. The molecule has 0 aliphatic carbocycles. The Balaban J connectivity index is 1.41. The minimum Gasteiger partial charge on any atom is -0.459 e. The summed E-state index contributed by atoms with van der Waals surface area (Å²) < 4.78 is 5.09. The summed E-state index contributed by atoms with van der Waals surface area (Å²) in [6.45, 7) is 1.99. The third kappa shape index (κ3) is 4.01. The molecule has 0 saturated heterocycles. The van der Waals surface area contributed by atoms with E-state index in [0.29, 0.717) is 5.76 Å². The van der Waals surface area contributed by atoms with Crippen molar-refractivity contribution >= 4 is 34.4 Å². The van der Waals surface area contributed by atoms with Crippen molar-refractivity contribution in [3.8, 4) is 0 Å². The van der Waals surface area contributed by atoms with Crippen molar-refractivity contribution < 1.29 is 9.21 Å². The van der Waals surface area contributed by atoms with E-state index < -0.39 is 0 Å². The zero-order valence-electron chi connectivity index (χ0n) is 14.7. The molecule has 4 aromatic rings. The van der Waals surface area contributed by atoms with E-state index in [1.165, 1.54) is 6.26 Å². The normalized spacial score (nSPS) is 10.9. The number of aromatic nitrogens is 2. The summed E-state index contributed by atoms with van der Waals surface area (Å²) in [4.78, 5) is 22.4. The number of fused-ring (bicyclic) bond motifs is 1. The summed E-state index contributed by atoms with van der Waals surface area (Å²) in [5, 5.41) is 2.81. The molecule has 1 N–H and O–H groups in total. The van der Waals surface area contributed by atoms with Crippen molar-refractivity contribution in [3.05, 3.63) is 84.1 Å². The van der Waals surface area contributed by atoms with Gasteiger partial charge in [-0.3, -0.25) is 4.79 Å². The molecule has 27 heavy (non-hydrogen) atoms. The first-order valence-electron chi connectivity index (χ1n) is 8.49. The molecule has 4 rings (SSSR count). The van der Waals surface area contributed by atoms with Crippen molar-refractivity contribution in [2.24, 2.45) is 0 Å². The number of rotatable bonds is 5. The minimum atomic E-state index is -0.262. The molecule has 0 spiro atoms. The van der Waals surface area contributed by atoms with Gasteiger partial charge >= 0.3 is 0 Å². The number of anilines is 1. The summed E-state index contributed by atoms with van der Waals surface area (Å²) in [5.74, 6) is 0.767. The molecule has 5 nitrogen and oxygen atoms in total. The van der Waals surface area contributed by atoms with Crippen LogP contribution < -0.4 is 5.32 Å². The van der Waals surface area contributed by atoms with Crippen LogP contribution >= 0.6 is 11.8 Å². The van der Waals surface area contributed by atoms with Crippen molar-refractivity contribution in [1.82, 2.24) is 9.97 Å². The molecular weight excluding hydrogens is 358 g/mol. The van der Waals surface area contributed by atoms with Crippen LogP contribution in [0.3, 0.4) is 0 Å². The highest BCUT2D eigenvalue weighted by atomic mass is 32.2. The molecule has 0 bridgehead atoms. The van der Waals surface area contributed by atoms with Crippen LogP contribution in [0.25, 0.3) is 11.0 Å². The Morgan fingerprint density at radius 1 is 1.00 bits per heavy atom. The fourth-order valence-electron chi connectivity index (χ4n) is 2.65. The van der Waals surface area contributed by atoms with Crippen molar-refractivity contribution in [2.45, 2.75) is 17.6 Å². The number of para-hydroxylation sites is 2. The van der Waals surface area contributed by atoms with E-state index >= 15 is 0 Å². The first-order valence-corrected chi connectivity index (χ1v) is 9.47. The van der Waals surface area contributed by atoms with Gasteiger partial charge in [0, 0.05) is 16.3 Å². The average molecular weight is 375 g/mol. The van der Waals surface area contributed by atoms with Gasteiger partial charge in [0.25, 0.3) is 5.91 Å². The van der Waals surface area contributed by atoms with Gasteiger partial charge in [0.2, 0.25) is 0 Å². The number of hydrogen-bond donors (Lipinski definition) is 1. The second-order valence-electron chi connectivity index (χ2n) is 5.99. The van der Waals surface area contributed by atoms with Crippen LogP contribution in [0.1, 0.15) is 21.9 Å². The minimum absolute atomic E-state index is 0.262. The highest BCUT2D eigenvalue weighted by molar-refractivity contribution is 7.98. The molecule has 0 atom stereocenters. The van der Waals surface area contributed by atoms with Gasteiger partial charge in [-0.15, -0.1) is 11.8 Å². The average Bonchev–Trinajstić information content (AvgIpc) is 3.22. The van der Waals surface area contributed by atoms with E-state index in [4.69, 9.17) is 9.40 Å². The molecule has 134 valence electrons. The molecular formula is C21H17N3O2S. The van der Waals surface area contributed by atoms with E-state index in [0.717, 1.165) is 38.8 Å². The molecule has 0 unspecified atom stereocenters. The standard InChI is InChI=1S/C21H17N3O2S/c1-14-19(24-18-6-3-2-5-17(18)22-14)13-27-16-10-8-15(9-11-16)23-21(25)20-7-4-12-26-20/h2-12H,13H2,1H3,(H,23,25). The highest BCUT2D eigenvalue weighted by Gasteiger charge is 2.09. The van der Waals surface area contributed by atoms with Crippen LogP contribution in [0.4, 0.5) is 5.69 Å². The Morgan fingerprint density at radius 3 is 2.44 bits per heavy atom. The van der Waals surface area contributed by atoms with Gasteiger partial charge in [-0.1, -0.05) is 12.1 Å². The van der Waals surface area contributed by atoms with Crippen molar-refractivity contribution in [2.75, 3.05) is 5.32 Å². The molecule has 0 aliphatic rings. The van der Waals surface area contributed by atoms with Gasteiger partial charge in [0.05, 0.1) is 28.7 Å². The number of thioether (sulfide) groups is 1. The zero-order valence-corrected chi connectivity index (χ0v) is 15.5. The van der Waals surface area contributed by atoms with E-state index in [-0.39, 0.29) is 5.91 Å². The maximum absolute atomic E-state index is 12.0. The van der Waals surface area contributed by atoms with E-state index in [9.17, 15) is 4.79 Å². The van der Waals surface area contributed by atoms with Gasteiger partial charge in [0.1, 0.15) is 0 Å². The maximum atomic E-state index is 12.0. The number of nitrogens with zero attached hydrogens (tertiary/aromatic N) is 2. The maximum Gasteiger partial charge on any atom is 0.291 e. The lowest BCUT2D eigenvalue weighted by Crippen LogP contribution is -2.10. The lowest BCUT2D eigenvalue weighted by Gasteiger charge is -2.08. The van der Waals surface area contributed by atoms with Gasteiger partial charge in [0.15, 0.2) is 5.76 Å². The second kappa shape index (κ2) is 7.63. The first-order chi connectivity index (χ1) is 13.2. The van der Waals surface area contributed by atoms with Crippen LogP contribution in [0.5, 0.6) is 0 Å². The van der Waals surface area contributed by atoms with Crippen LogP contribution in [-0.2, 0) is 5.75 Å². The zero-order chi connectivity index (χ0) is 18.6. The van der Waals surface area contributed by atoms with Gasteiger partial charge in [-0.05, 0) is 55.5 Å². The number of benzene rings is 2. The quantitative estimate of drug-likeness (QED) is 0.493. The van der Waals surface area contributed by atoms with Gasteiger partial charge < -0.3 is 9.73 Å². The molecule has 0 fully saturated rings. The monoisotopic (exact) mass is 375 g/mol. The number of carbonyl (C=O) groups excluding carboxylic acids is 1. The Morgan fingerprint density at radius 2 is 1.74 bits per heavy atom. The van der Waals surface area contributed by atoms with Gasteiger partial charge in [-0.2, -0.15) is 0 Å². The summed E-state index contributed by atoms with van der Waals surface area (Å²) in [5.41, 5.74) is 4.48. The van der Waals surface area contributed by atoms with Crippen molar-refractivity contribution in [3.63, 3.8) is 0 Å². The number of nitrogens with one attached hydrogen (secondary N) is 1. The lowest BCUT2D eigenvalue weighted by molar-refractivity contribution is 0.0996. The Labute approximate surface area is 160 Å². The second-order valence-corrected chi connectivity index (χ2v) is 7.04. The topological polar surface area (TPSA) is 68.0 Å². The van der Waals surface area contributed by atoms with E-state index in [1.807, 2.05) is 55.5 Å². The van der Waals surface area contributed by atoms with Crippen LogP contribution in [-0.4, -0.2) is 15.9 Å². The van der Waals surface area contributed by atoms with Crippen LogP contribution in [0.15, 0.2) is 76.2 Å². The summed E-state index contributed by atoms with van der Waals surface area (Å²) in [6, 6.07) is 18.9. The SMILES string of the molecule is Cc1nc2ccccc2nc1CSc1ccc(NC(=O)c2ccco2)cc1. The highest BCUT2D eigenvalue weighted by Crippen LogP contribution is 2.25. The Bertz CT molecular complexity index is 1080. The Hall–Kier alpha value is -3.12. The van der Waals surface area contributed by atoms with E-state index in [2.05, 4.69) is 10.3 Å². The molecule has 1 amide bonds. The number of furan rings is 1. The summed E-state index contributed by atoms with van der Waals surface area (Å²) >= 11 is 1.69. The number of amides is 1. The van der Waals surface area contributed by atoms with Crippen LogP contribution in [0.2, 0.25) is 0 Å². The van der Waals surface area contributed by atoms with Crippen molar-refractivity contribution in [1.29, 1.82) is 0 Å². The third-order valence-corrected chi connectivity index (χ3v) is 5.10. The fourth-order valence-corrected chi connectivity index (χ4v) is 3.55. The number of hydrogen-bond acceptors (Lipinski definition) is 5. The smallest absolute Gasteiger partial charge is 0.291 e. The predicted molar refractivity (Wildman–Crippen MR) is 107 cm³/mol. The van der Waals surface area contributed by atoms with Crippen LogP contribution in [0, 0.1) is 6.92 Å². The molecule has 0 radical (unpaired) electrons. The number of aryl methyl sites for hydroxylation is 1. The molecule has 2 aromatic carbocycles. The molecule has 0 aliphatic heterocycles. The largest absolute Gasteiger partial charge is 0.459 e. The van der Waals surface area contributed by atoms with Gasteiger partial charge in [-0.25, -0.2) is 9.97 Å². The summed E-state index contributed by atoms with van der Waals surface area (Å²) in [7, 11) is 0. The fraction of sp³-hybridized carbons (Fsp3) is 0.0952. The third-order valence-electron chi connectivity index (χ3n) is 4.08. The molecule has 6 heteroatoms. The first kappa shape index (κ1) is 17.3. The number of carbonyl (C=O) groups is 1. The molecule has 0 saturated carbocycles.